The molecule has 0 amide bonds. The van der Waals surface area contributed by atoms with Gasteiger partial charge in [0.2, 0.25) is 0 Å². The minimum atomic E-state index is 0.308. The molecule has 0 unspecified atom stereocenters. The van der Waals surface area contributed by atoms with E-state index in [1.54, 1.807) is 6.20 Å². The summed E-state index contributed by atoms with van der Waals surface area (Å²) in [7, 11) is 0. The van der Waals surface area contributed by atoms with E-state index in [0.717, 1.165) is 5.69 Å². The smallest absolute Gasteiger partial charge is 0.182 e. The monoisotopic (exact) mass is 268 g/mol. The van der Waals surface area contributed by atoms with Crippen LogP contribution in [-0.4, -0.2) is 19.7 Å². The van der Waals surface area contributed by atoms with Crippen molar-refractivity contribution >= 4 is 5.82 Å². The number of nitriles is 1. The minimum absolute atomic E-state index is 0.308. The summed E-state index contributed by atoms with van der Waals surface area (Å²) >= 11 is 0. The summed E-state index contributed by atoms with van der Waals surface area (Å²) in [6.07, 6.45) is 10.1. The number of hydrogen-bond donors (Lipinski definition) is 1. The van der Waals surface area contributed by atoms with Gasteiger partial charge in [-0.1, -0.05) is 12.8 Å². The van der Waals surface area contributed by atoms with Gasteiger partial charge in [-0.05, 0) is 18.9 Å². The minimum Gasteiger partial charge on any atom is -0.362 e. The molecule has 2 aromatic rings. The van der Waals surface area contributed by atoms with Crippen LogP contribution in [0.4, 0.5) is 5.82 Å². The predicted molar refractivity (Wildman–Crippen MR) is 73.8 cm³/mol. The Kier molecular flexibility index (Phi) is 3.59. The average molecular weight is 268 g/mol. The van der Waals surface area contributed by atoms with E-state index >= 15 is 0 Å². The molecule has 2 aromatic heterocycles. The number of hydrogen-bond acceptors (Lipinski definition) is 5. The van der Waals surface area contributed by atoms with Gasteiger partial charge in [-0.25, -0.2) is 9.97 Å². The van der Waals surface area contributed by atoms with Crippen molar-refractivity contribution in [1.82, 2.24) is 19.7 Å². The van der Waals surface area contributed by atoms with E-state index in [0.29, 0.717) is 24.1 Å². The lowest BCUT2D eigenvalue weighted by atomic mass is 10.3. The Morgan fingerprint density at radius 1 is 1.30 bits per heavy atom. The Morgan fingerprint density at radius 3 is 2.90 bits per heavy atom. The Morgan fingerprint density at radius 2 is 2.10 bits per heavy atom. The maximum atomic E-state index is 8.95. The zero-order valence-corrected chi connectivity index (χ0v) is 11.2. The lowest BCUT2D eigenvalue weighted by molar-refractivity contribution is 0.463. The van der Waals surface area contributed by atoms with E-state index < -0.39 is 0 Å². The first-order valence-electron chi connectivity index (χ1n) is 6.86. The van der Waals surface area contributed by atoms with Gasteiger partial charge in [0.15, 0.2) is 11.5 Å². The van der Waals surface area contributed by atoms with Crippen LogP contribution in [0, 0.1) is 11.3 Å². The molecule has 0 radical (unpaired) electrons. The zero-order chi connectivity index (χ0) is 13.8. The molecular weight excluding hydrogens is 252 g/mol. The van der Waals surface area contributed by atoms with Crippen molar-refractivity contribution in [2.75, 3.05) is 5.32 Å². The Balaban J connectivity index is 1.65. The molecule has 0 aromatic carbocycles. The van der Waals surface area contributed by atoms with Crippen molar-refractivity contribution < 1.29 is 0 Å². The first-order valence-corrected chi connectivity index (χ1v) is 6.86. The topological polar surface area (TPSA) is 79.4 Å². The number of nitrogens with zero attached hydrogens (tertiary/aromatic N) is 5. The van der Waals surface area contributed by atoms with Gasteiger partial charge in [0, 0.05) is 18.6 Å². The number of nitrogens with one attached hydrogen (secondary N) is 1. The second kappa shape index (κ2) is 5.70. The second-order valence-electron chi connectivity index (χ2n) is 4.94. The Bertz CT molecular complexity index is 621. The molecule has 2 heterocycles. The van der Waals surface area contributed by atoms with Crippen LogP contribution < -0.4 is 5.32 Å². The predicted octanol–water partition coefficient (Wildman–Crippen LogP) is 2.27. The van der Waals surface area contributed by atoms with Gasteiger partial charge >= 0.3 is 0 Å². The molecule has 0 aliphatic heterocycles. The first-order chi connectivity index (χ1) is 9.86. The van der Waals surface area contributed by atoms with Crippen molar-refractivity contribution in [3.05, 3.63) is 36.0 Å². The lowest BCUT2D eigenvalue weighted by Crippen LogP contribution is -2.08. The maximum Gasteiger partial charge on any atom is 0.182 e. The third-order valence-corrected chi connectivity index (χ3v) is 3.60. The molecule has 6 heteroatoms. The van der Waals surface area contributed by atoms with Crippen molar-refractivity contribution in [3.63, 3.8) is 0 Å². The van der Waals surface area contributed by atoms with Crippen LogP contribution in [0.25, 0.3) is 0 Å². The summed E-state index contributed by atoms with van der Waals surface area (Å²) in [5.41, 5.74) is 1.26. The molecule has 20 heavy (non-hydrogen) atoms. The first kappa shape index (κ1) is 12.6. The molecular formula is C14H16N6. The average Bonchev–Trinajstić information content (AvgIpc) is 3.16. The summed E-state index contributed by atoms with van der Waals surface area (Å²) in [5, 5.41) is 16.6. The standard InChI is InChI=1S/C14H16N6/c15-9-13-14(17-7-6-16-13)18-10-11-5-8-20(19-11)12-3-1-2-4-12/h5-8,12H,1-4,10H2,(H,17,18). The van der Waals surface area contributed by atoms with Crippen LogP contribution in [0.2, 0.25) is 0 Å². The molecule has 102 valence electrons. The quantitative estimate of drug-likeness (QED) is 0.920. The molecule has 0 bridgehead atoms. The van der Waals surface area contributed by atoms with Crippen LogP contribution in [-0.2, 0) is 6.54 Å². The van der Waals surface area contributed by atoms with Gasteiger partial charge in [0.1, 0.15) is 6.07 Å². The SMILES string of the molecule is N#Cc1nccnc1NCc1ccn(C2CCCC2)n1. The molecule has 6 nitrogen and oxygen atoms in total. The highest BCUT2D eigenvalue weighted by atomic mass is 15.3. The third-order valence-electron chi connectivity index (χ3n) is 3.60. The molecule has 0 spiro atoms. The highest BCUT2D eigenvalue weighted by Gasteiger charge is 2.17. The Labute approximate surface area is 117 Å². The molecule has 0 saturated heterocycles. The van der Waals surface area contributed by atoms with Crippen molar-refractivity contribution in [3.8, 4) is 6.07 Å². The molecule has 1 N–H and O–H groups in total. The number of rotatable bonds is 4. The second-order valence-corrected chi connectivity index (χ2v) is 4.94. The Hall–Kier alpha value is -2.42. The molecule has 1 aliphatic rings. The van der Waals surface area contributed by atoms with Crippen molar-refractivity contribution in [2.24, 2.45) is 0 Å². The number of aromatic nitrogens is 4. The normalized spacial score (nSPS) is 15.2. The lowest BCUT2D eigenvalue weighted by Gasteiger charge is -2.09. The van der Waals surface area contributed by atoms with Gasteiger partial charge in [0.25, 0.3) is 0 Å². The van der Waals surface area contributed by atoms with E-state index in [9.17, 15) is 0 Å². The molecule has 1 saturated carbocycles. The summed E-state index contributed by atoms with van der Waals surface area (Å²) in [4.78, 5) is 8.08. The highest BCUT2D eigenvalue weighted by molar-refractivity contribution is 5.46. The van der Waals surface area contributed by atoms with Gasteiger partial charge in [0.05, 0.1) is 18.3 Å². The van der Waals surface area contributed by atoms with Crippen molar-refractivity contribution in [1.29, 1.82) is 5.26 Å². The van der Waals surface area contributed by atoms with Gasteiger partial charge in [-0.15, -0.1) is 0 Å². The fourth-order valence-electron chi connectivity index (χ4n) is 2.57. The number of anilines is 1. The van der Waals surface area contributed by atoms with E-state index in [1.165, 1.54) is 31.9 Å². The summed E-state index contributed by atoms with van der Waals surface area (Å²) in [6, 6.07) is 4.58. The van der Waals surface area contributed by atoms with Gasteiger partial charge < -0.3 is 5.32 Å². The zero-order valence-electron chi connectivity index (χ0n) is 11.2. The van der Waals surface area contributed by atoms with Crippen molar-refractivity contribution in [2.45, 2.75) is 38.3 Å². The molecule has 0 atom stereocenters. The van der Waals surface area contributed by atoms with E-state index in [4.69, 9.17) is 5.26 Å². The van der Waals surface area contributed by atoms with E-state index in [1.807, 2.05) is 18.3 Å². The van der Waals surface area contributed by atoms with Gasteiger partial charge in [-0.3, -0.25) is 4.68 Å². The fraction of sp³-hybridized carbons (Fsp3) is 0.429. The summed E-state index contributed by atoms with van der Waals surface area (Å²) < 4.78 is 2.06. The van der Waals surface area contributed by atoms with Gasteiger partial charge in [-0.2, -0.15) is 10.4 Å². The largest absolute Gasteiger partial charge is 0.362 e. The summed E-state index contributed by atoms with van der Waals surface area (Å²) in [6.45, 7) is 0.549. The van der Waals surface area contributed by atoms with Crippen LogP contribution >= 0.6 is 0 Å². The maximum absolute atomic E-state index is 8.95. The van der Waals surface area contributed by atoms with Crippen LogP contribution in [0.1, 0.15) is 43.1 Å². The molecule has 3 rings (SSSR count). The molecule has 1 aliphatic carbocycles. The van der Waals surface area contributed by atoms with Crippen LogP contribution in [0.15, 0.2) is 24.7 Å². The third kappa shape index (κ3) is 2.62. The highest BCUT2D eigenvalue weighted by Crippen LogP contribution is 2.28. The summed E-state index contributed by atoms with van der Waals surface area (Å²) in [5.74, 6) is 0.505. The van der Waals surface area contributed by atoms with Crippen LogP contribution in [0.5, 0.6) is 0 Å². The fourth-order valence-corrected chi connectivity index (χ4v) is 2.57. The van der Waals surface area contributed by atoms with Crippen LogP contribution in [0.3, 0.4) is 0 Å². The molecule has 1 fully saturated rings. The van der Waals surface area contributed by atoms with E-state index in [-0.39, 0.29) is 0 Å². The van der Waals surface area contributed by atoms with E-state index in [2.05, 4.69) is 25.1 Å².